The molecule has 0 saturated heterocycles. The molecule has 0 heterocycles. The van der Waals surface area contributed by atoms with Gasteiger partial charge in [-0.2, -0.15) is 0 Å². The van der Waals surface area contributed by atoms with Crippen molar-refractivity contribution in [1.29, 1.82) is 0 Å². The number of anilines is 1. The smallest absolute Gasteiger partial charge is 0.232 e. The number of benzene rings is 2. The Morgan fingerprint density at radius 2 is 1.80 bits per heavy atom. The van der Waals surface area contributed by atoms with Crippen molar-refractivity contribution >= 4 is 33.2 Å². The minimum Gasteiger partial charge on any atom is -0.352 e. The molecule has 0 unspecified atom stereocenters. The number of sulfonamides is 1. The van der Waals surface area contributed by atoms with Crippen LogP contribution in [0.15, 0.2) is 36.4 Å². The average molecular weight is 451 g/mol. The molecular formula is C23H31ClN2O3S. The number of carbonyl (C=O) groups is 1. The first-order valence-corrected chi connectivity index (χ1v) is 12.5. The summed E-state index contributed by atoms with van der Waals surface area (Å²) in [5, 5.41) is 3.44. The van der Waals surface area contributed by atoms with Gasteiger partial charge < -0.3 is 5.32 Å². The lowest BCUT2D eigenvalue weighted by molar-refractivity contribution is -0.121. The third kappa shape index (κ3) is 6.74. The summed E-state index contributed by atoms with van der Waals surface area (Å²) in [6.45, 7) is 6.76. The van der Waals surface area contributed by atoms with Crippen molar-refractivity contribution in [3.05, 3.63) is 63.7 Å². The van der Waals surface area contributed by atoms with Crippen molar-refractivity contribution in [3.63, 3.8) is 0 Å². The second-order valence-corrected chi connectivity index (χ2v) is 9.80. The lowest BCUT2D eigenvalue weighted by atomic mass is 10.0. The molecule has 1 N–H and O–H groups in total. The topological polar surface area (TPSA) is 66.5 Å². The third-order valence-corrected chi connectivity index (χ3v) is 6.56. The molecule has 164 valence electrons. The fraction of sp³-hybridized carbons (Fsp3) is 0.435. The number of hydrogen-bond donors (Lipinski definition) is 1. The Morgan fingerprint density at radius 3 is 2.43 bits per heavy atom. The van der Waals surface area contributed by atoms with E-state index in [9.17, 15) is 13.2 Å². The Bertz CT molecular complexity index is 990. The van der Waals surface area contributed by atoms with Crippen LogP contribution in [0.3, 0.4) is 0 Å². The molecule has 2 aromatic carbocycles. The highest BCUT2D eigenvalue weighted by atomic mass is 35.5. The van der Waals surface area contributed by atoms with Gasteiger partial charge in [0.15, 0.2) is 0 Å². The molecule has 2 rings (SSSR count). The van der Waals surface area contributed by atoms with Crippen molar-refractivity contribution in [1.82, 2.24) is 5.32 Å². The number of hydrogen-bond acceptors (Lipinski definition) is 3. The lowest BCUT2D eigenvalue weighted by Gasteiger charge is -2.24. The van der Waals surface area contributed by atoms with Gasteiger partial charge >= 0.3 is 0 Å². The molecule has 0 radical (unpaired) electrons. The van der Waals surface area contributed by atoms with E-state index in [2.05, 4.69) is 37.4 Å². The van der Waals surface area contributed by atoms with Crippen LogP contribution in [0.4, 0.5) is 5.69 Å². The SMILES string of the molecule is CCc1ccc(CC)c(CNC(=O)CCCN(c2cc(Cl)ccc2C)S(C)(=O)=O)c1. The van der Waals surface area contributed by atoms with Gasteiger partial charge in [0.2, 0.25) is 15.9 Å². The van der Waals surface area contributed by atoms with Gasteiger partial charge in [0.25, 0.3) is 0 Å². The molecule has 5 nitrogen and oxygen atoms in total. The summed E-state index contributed by atoms with van der Waals surface area (Å²) in [7, 11) is -3.48. The molecule has 7 heteroatoms. The van der Waals surface area contributed by atoms with Gasteiger partial charge in [-0.3, -0.25) is 9.10 Å². The van der Waals surface area contributed by atoms with Gasteiger partial charge in [0.05, 0.1) is 11.9 Å². The number of halogens is 1. The predicted octanol–water partition coefficient (Wildman–Crippen LogP) is 4.64. The zero-order chi connectivity index (χ0) is 22.3. The standard InChI is InChI=1S/C23H31ClN2O3S/c1-5-18-10-11-19(6-2)20(14-18)16-25-23(27)8-7-13-26(30(4,28)29)22-15-21(24)12-9-17(22)3/h9-12,14-15H,5-8,13,16H2,1-4H3,(H,25,27). The summed E-state index contributed by atoms with van der Waals surface area (Å²) in [6.07, 6.45) is 3.70. The van der Waals surface area contributed by atoms with E-state index in [-0.39, 0.29) is 18.9 Å². The maximum Gasteiger partial charge on any atom is 0.232 e. The monoisotopic (exact) mass is 450 g/mol. The Labute approximate surface area is 185 Å². The summed E-state index contributed by atoms with van der Waals surface area (Å²) in [5.74, 6) is -0.0878. The molecule has 0 aliphatic heterocycles. The molecule has 0 atom stereocenters. The number of rotatable bonds is 10. The third-order valence-electron chi connectivity index (χ3n) is 5.14. The summed E-state index contributed by atoms with van der Waals surface area (Å²) >= 11 is 6.06. The predicted molar refractivity (Wildman–Crippen MR) is 125 cm³/mol. The van der Waals surface area contributed by atoms with E-state index >= 15 is 0 Å². The first kappa shape index (κ1) is 24.2. The second kappa shape index (κ2) is 10.8. The van der Waals surface area contributed by atoms with Crippen LogP contribution in [0.2, 0.25) is 5.02 Å². The van der Waals surface area contributed by atoms with Crippen molar-refractivity contribution in [2.45, 2.75) is 53.0 Å². The largest absolute Gasteiger partial charge is 0.352 e. The van der Waals surface area contributed by atoms with Crippen LogP contribution in [0.25, 0.3) is 0 Å². The van der Waals surface area contributed by atoms with Gasteiger partial charge in [-0.15, -0.1) is 0 Å². The quantitative estimate of drug-likeness (QED) is 0.573. The average Bonchev–Trinajstić information content (AvgIpc) is 2.70. The summed E-state index contributed by atoms with van der Waals surface area (Å²) < 4.78 is 25.9. The minimum absolute atomic E-state index is 0.0878. The van der Waals surface area contributed by atoms with Crippen molar-refractivity contribution in [3.8, 4) is 0 Å². The van der Waals surface area contributed by atoms with E-state index in [1.165, 1.54) is 21.7 Å². The fourth-order valence-electron chi connectivity index (χ4n) is 3.39. The number of carbonyl (C=O) groups excluding carboxylic acids is 1. The van der Waals surface area contributed by atoms with E-state index in [0.717, 1.165) is 24.0 Å². The number of amides is 1. The Kier molecular flexibility index (Phi) is 8.74. The van der Waals surface area contributed by atoms with E-state index in [4.69, 9.17) is 11.6 Å². The first-order valence-electron chi connectivity index (χ1n) is 10.3. The molecule has 0 saturated carbocycles. The molecule has 0 aliphatic rings. The molecule has 2 aromatic rings. The van der Waals surface area contributed by atoms with Crippen molar-refractivity contribution in [2.24, 2.45) is 0 Å². The molecule has 0 bridgehead atoms. The van der Waals surface area contributed by atoms with Gasteiger partial charge in [-0.05, 0) is 60.6 Å². The van der Waals surface area contributed by atoms with Crippen molar-refractivity contribution < 1.29 is 13.2 Å². The van der Waals surface area contributed by atoms with Gasteiger partial charge in [0.1, 0.15) is 0 Å². The van der Waals surface area contributed by atoms with E-state index < -0.39 is 10.0 Å². The molecule has 0 aromatic heterocycles. The summed E-state index contributed by atoms with van der Waals surface area (Å²) in [6, 6.07) is 11.6. The lowest BCUT2D eigenvalue weighted by Crippen LogP contribution is -2.32. The van der Waals surface area contributed by atoms with Gasteiger partial charge in [0, 0.05) is 24.5 Å². The number of nitrogens with one attached hydrogen (secondary N) is 1. The first-order chi connectivity index (χ1) is 14.2. The second-order valence-electron chi connectivity index (χ2n) is 7.46. The van der Waals surface area contributed by atoms with Crippen LogP contribution in [0.1, 0.15) is 48.9 Å². The van der Waals surface area contributed by atoms with Crippen LogP contribution < -0.4 is 9.62 Å². The summed E-state index contributed by atoms with van der Waals surface area (Å²) in [5.41, 5.74) is 4.98. The van der Waals surface area contributed by atoms with E-state index in [1.54, 1.807) is 18.2 Å². The van der Waals surface area contributed by atoms with Crippen LogP contribution in [0.5, 0.6) is 0 Å². The van der Waals surface area contributed by atoms with E-state index in [1.807, 2.05) is 6.92 Å². The van der Waals surface area contributed by atoms with Gasteiger partial charge in [-0.1, -0.05) is 49.7 Å². The van der Waals surface area contributed by atoms with Gasteiger partial charge in [-0.25, -0.2) is 8.42 Å². The Balaban J connectivity index is 1.98. The zero-order valence-corrected chi connectivity index (χ0v) is 19.7. The van der Waals surface area contributed by atoms with Crippen LogP contribution in [0, 0.1) is 6.92 Å². The fourth-order valence-corrected chi connectivity index (χ4v) is 4.57. The maximum absolute atomic E-state index is 12.4. The van der Waals surface area contributed by atoms with Crippen LogP contribution in [-0.2, 0) is 34.2 Å². The Morgan fingerprint density at radius 1 is 1.07 bits per heavy atom. The number of aryl methyl sites for hydroxylation is 3. The molecule has 0 fully saturated rings. The van der Waals surface area contributed by atoms with E-state index in [0.29, 0.717) is 23.7 Å². The highest BCUT2D eigenvalue weighted by molar-refractivity contribution is 7.92. The maximum atomic E-state index is 12.4. The Hall–Kier alpha value is -2.05. The molecule has 1 amide bonds. The highest BCUT2D eigenvalue weighted by Crippen LogP contribution is 2.26. The molecule has 0 aliphatic carbocycles. The molecule has 30 heavy (non-hydrogen) atoms. The minimum atomic E-state index is -3.48. The van der Waals surface area contributed by atoms with Crippen molar-refractivity contribution in [2.75, 3.05) is 17.1 Å². The molecule has 0 spiro atoms. The normalized spacial score (nSPS) is 11.4. The summed E-state index contributed by atoms with van der Waals surface area (Å²) in [4.78, 5) is 12.4. The highest BCUT2D eigenvalue weighted by Gasteiger charge is 2.19. The molecular weight excluding hydrogens is 420 g/mol. The van der Waals surface area contributed by atoms with Crippen LogP contribution in [-0.4, -0.2) is 27.1 Å². The van der Waals surface area contributed by atoms with Crippen LogP contribution >= 0.6 is 11.6 Å². The zero-order valence-electron chi connectivity index (χ0n) is 18.2. The number of nitrogens with zero attached hydrogens (tertiary/aromatic N) is 1.